The summed E-state index contributed by atoms with van der Waals surface area (Å²) in [7, 11) is 0. The zero-order valence-electron chi connectivity index (χ0n) is 15.1. The second kappa shape index (κ2) is 8.06. The first kappa shape index (κ1) is 17.9. The molecule has 2 aromatic heterocycles. The zero-order valence-corrected chi connectivity index (χ0v) is 16.7. The molecule has 6 heteroatoms. The van der Waals surface area contributed by atoms with E-state index >= 15 is 0 Å². The summed E-state index contributed by atoms with van der Waals surface area (Å²) >= 11 is 7.58. The maximum atomic E-state index is 5.75. The molecule has 136 valence electrons. The summed E-state index contributed by atoms with van der Waals surface area (Å²) in [4.78, 5) is 10.2. The van der Waals surface area contributed by atoms with Crippen molar-refractivity contribution in [1.82, 2.24) is 19.1 Å². The van der Waals surface area contributed by atoms with Crippen molar-refractivity contribution in [2.75, 3.05) is 5.75 Å². The lowest BCUT2D eigenvalue weighted by molar-refractivity contribution is 0.731. The monoisotopic (exact) mass is 392 g/mol. The lowest BCUT2D eigenvalue weighted by Crippen LogP contribution is -2.06. The van der Waals surface area contributed by atoms with Crippen molar-refractivity contribution in [2.24, 2.45) is 0 Å². The molecule has 0 aliphatic heterocycles. The van der Waals surface area contributed by atoms with Crippen LogP contribution in [0, 0.1) is 11.6 Å². The standard InChI is InChI=1S/C21H20N4S2/c1-16-7-9-18(10-8-16)27-12-11-24-14-22-20-19(21(24)26)25(15-23-20)13-17-5-3-2-4-6-17/h2-10,14-15H,11-13H2,1H3. The van der Waals surface area contributed by atoms with Crippen molar-refractivity contribution in [3.8, 4) is 0 Å². The van der Waals surface area contributed by atoms with Crippen LogP contribution in [-0.4, -0.2) is 24.9 Å². The van der Waals surface area contributed by atoms with Gasteiger partial charge in [0, 0.05) is 23.7 Å². The summed E-state index contributed by atoms with van der Waals surface area (Å²) in [5.41, 5.74) is 4.13. The molecule has 4 aromatic rings. The third-order valence-corrected chi connectivity index (χ3v) is 5.84. The highest BCUT2D eigenvalue weighted by atomic mass is 32.2. The molecule has 0 saturated carbocycles. The molecule has 0 amide bonds. The highest BCUT2D eigenvalue weighted by Gasteiger charge is 2.09. The van der Waals surface area contributed by atoms with E-state index in [1.165, 1.54) is 16.0 Å². The molecule has 4 rings (SSSR count). The van der Waals surface area contributed by atoms with Crippen LogP contribution >= 0.6 is 24.0 Å². The van der Waals surface area contributed by atoms with Gasteiger partial charge in [0.05, 0.1) is 12.7 Å². The minimum Gasteiger partial charge on any atom is -0.322 e. The highest BCUT2D eigenvalue weighted by molar-refractivity contribution is 7.99. The molecule has 0 spiro atoms. The van der Waals surface area contributed by atoms with Crippen LogP contribution in [0.25, 0.3) is 11.2 Å². The van der Waals surface area contributed by atoms with Crippen LogP contribution in [0.4, 0.5) is 0 Å². The van der Waals surface area contributed by atoms with E-state index in [0.29, 0.717) is 5.65 Å². The minimum atomic E-state index is 0.707. The van der Waals surface area contributed by atoms with Crippen molar-refractivity contribution >= 4 is 35.1 Å². The van der Waals surface area contributed by atoms with E-state index in [-0.39, 0.29) is 0 Å². The van der Waals surface area contributed by atoms with Gasteiger partial charge in [-0.3, -0.25) is 0 Å². The first-order valence-corrected chi connectivity index (χ1v) is 10.2. The number of aryl methyl sites for hydroxylation is 2. The molecule has 0 aliphatic carbocycles. The predicted octanol–water partition coefficient (Wildman–Crippen LogP) is 5.11. The molecule has 0 radical (unpaired) electrons. The Bertz CT molecular complexity index is 1100. The molecule has 0 aliphatic rings. The van der Waals surface area contributed by atoms with Crippen molar-refractivity contribution in [1.29, 1.82) is 0 Å². The van der Waals surface area contributed by atoms with E-state index in [4.69, 9.17) is 12.2 Å². The van der Waals surface area contributed by atoms with Gasteiger partial charge in [-0.05, 0) is 24.6 Å². The van der Waals surface area contributed by atoms with Gasteiger partial charge in [0.15, 0.2) is 5.65 Å². The SMILES string of the molecule is Cc1ccc(SCCn2cnc3ncn(Cc4ccccc4)c3c2=S)cc1. The van der Waals surface area contributed by atoms with Crippen molar-refractivity contribution in [3.05, 3.63) is 83.0 Å². The summed E-state index contributed by atoms with van der Waals surface area (Å²) in [6, 6.07) is 18.9. The Morgan fingerprint density at radius 2 is 1.63 bits per heavy atom. The van der Waals surface area contributed by atoms with Gasteiger partial charge in [-0.15, -0.1) is 11.8 Å². The molecule has 0 fully saturated rings. The average molecular weight is 393 g/mol. The van der Waals surface area contributed by atoms with E-state index < -0.39 is 0 Å². The number of thioether (sulfide) groups is 1. The van der Waals surface area contributed by atoms with Crippen molar-refractivity contribution in [2.45, 2.75) is 24.9 Å². The minimum absolute atomic E-state index is 0.707. The Hall–Kier alpha value is -2.44. The molecule has 0 saturated heterocycles. The number of benzene rings is 2. The fourth-order valence-corrected chi connectivity index (χ4v) is 4.15. The third kappa shape index (κ3) is 4.12. The summed E-state index contributed by atoms with van der Waals surface area (Å²) in [5.74, 6) is 0.942. The molecule has 2 aromatic carbocycles. The quantitative estimate of drug-likeness (QED) is 0.337. The molecule has 4 nitrogen and oxygen atoms in total. The first-order chi connectivity index (χ1) is 13.2. The predicted molar refractivity (Wildman–Crippen MR) is 114 cm³/mol. The van der Waals surface area contributed by atoms with Gasteiger partial charge in [-0.2, -0.15) is 0 Å². The topological polar surface area (TPSA) is 35.6 Å². The molecular formula is C21H20N4S2. The average Bonchev–Trinajstić information content (AvgIpc) is 3.09. The zero-order chi connectivity index (χ0) is 18.6. The summed E-state index contributed by atoms with van der Waals surface area (Å²) < 4.78 is 4.92. The first-order valence-electron chi connectivity index (χ1n) is 8.84. The van der Waals surface area contributed by atoms with Gasteiger partial charge in [-0.25, -0.2) is 9.97 Å². The van der Waals surface area contributed by atoms with Crippen LogP contribution < -0.4 is 0 Å². The van der Waals surface area contributed by atoms with Crippen molar-refractivity contribution < 1.29 is 0 Å². The molecule has 0 unspecified atom stereocenters. The van der Waals surface area contributed by atoms with Gasteiger partial charge >= 0.3 is 0 Å². The van der Waals surface area contributed by atoms with Gasteiger partial charge in [-0.1, -0.05) is 60.2 Å². The Kier molecular flexibility index (Phi) is 5.36. The number of hydrogen-bond donors (Lipinski definition) is 0. The van der Waals surface area contributed by atoms with Gasteiger partial charge in [0.2, 0.25) is 0 Å². The smallest absolute Gasteiger partial charge is 0.182 e. The summed E-state index contributed by atoms with van der Waals surface area (Å²) in [5, 5.41) is 0. The highest BCUT2D eigenvalue weighted by Crippen LogP contribution is 2.20. The van der Waals surface area contributed by atoms with Crippen LogP contribution in [0.1, 0.15) is 11.1 Å². The molecule has 2 heterocycles. The van der Waals surface area contributed by atoms with E-state index in [1.54, 1.807) is 6.33 Å². The molecule has 0 bridgehead atoms. The third-order valence-electron chi connectivity index (χ3n) is 4.42. The van der Waals surface area contributed by atoms with E-state index in [0.717, 1.165) is 29.0 Å². The maximum absolute atomic E-state index is 5.75. The summed E-state index contributed by atoms with van der Waals surface area (Å²) in [6.07, 6.45) is 3.63. The second-order valence-corrected chi connectivity index (χ2v) is 7.99. The normalized spacial score (nSPS) is 11.1. The Labute approximate surface area is 167 Å². The van der Waals surface area contributed by atoms with E-state index in [2.05, 4.69) is 57.9 Å². The van der Waals surface area contributed by atoms with Gasteiger partial charge in [0.25, 0.3) is 0 Å². The second-order valence-electron chi connectivity index (χ2n) is 6.43. The van der Waals surface area contributed by atoms with E-state index in [1.807, 2.05) is 40.9 Å². The molecule has 27 heavy (non-hydrogen) atoms. The number of imidazole rings is 1. The van der Waals surface area contributed by atoms with Gasteiger partial charge in [0.1, 0.15) is 10.2 Å². The number of fused-ring (bicyclic) bond motifs is 1. The lowest BCUT2D eigenvalue weighted by atomic mass is 10.2. The van der Waals surface area contributed by atoms with Crippen LogP contribution in [0.2, 0.25) is 0 Å². The van der Waals surface area contributed by atoms with Gasteiger partial charge < -0.3 is 9.13 Å². The fraction of sp³-hybridized carbons (Fsp3) is 0.190. The molecular weight excluding hydrogens is 372 g/mol. The lowest BCUT2D eigenvalue weighted by Gasteiger charge is -2.09. The van der Waals surface area contributed by atoms with Crippen LogP contribution in [0.5, 0.6) is 0 Å². The van der Waals surface area contributed by atoms with Crippen molar-refractivity contribution in [3.63, 3.8) is 0 Å². The fourth-order valence-electron chi connectivity index (χ4n) is 2.95. The van der Waals surface area contributed by atoms with E-state index in [9.17, 15) is 0 Å². The van der Waals surface area contributed by atoms with Crippen LogP contribution in [0.3, 0.4) is 0 Å². The van der Waals surface area contributed by atoms with Crippen LogP contribution in [-0.2, 0) is 13.1 Å². The maximum Gasteiger partial charge on any atom is 0.182 e. The number of rotatable bonds is 6. The Balaban J connectivity index is 1.53. The molecule has 0 N–H and O–H groups in total. The Morgan fingerprint density at radius 3 is 2.37 bits per heavy atom. The largest absolute Gasteiger partial charge is 0.322 e. The van der Waals surface area contributed by atoms with Crippen LogP contribution in [0.15, 0.2) is 72.1 Å². The summed E-state index contributed by atoms with van der Waals surface area (Å²) in [6.45, 7) is 3.66. The number of aromatic nitrogens is 4. The Morgan fingerprint density at radius 1 is 0.926 bits per heavy atom. The number of nitrogens with zero attached hydrogens (tertiary/aromatic N) is 4. The molecule has 0 atom stereocenters. The number of hydrogen-bond acceptors (Lipinski definition) is 4.